The lowest BCUT2D eigenvalue weighted by Crippen LogP contribution is -2.35. The van der Waals surface area contributed by atoms with Crippen LogP contribution in [0, 0.1) is 11.7 Å². The average molecular weight is 326 g/mol. The predicted octanol–water partition coefficient (Wildman–Crippen LogP) is 3.10. The second kappa shape index (κ2) is 5.88. The van der Waals surface area contributed by atoms with Crippen LogP contribution >= 0.6 is 11.6 Å². The van der Waals surface area contributed by atoms with Crippen LogP contribution in [0.5, 0.6) is 0 Å². The van der Waals surface area contributed by atoms with Gasteiger partial charge in [0.15, 0.2) is 0 Å². The van der Waals surface area contributed by atoms with Crippen molar-refractivity contribution in [3.8, 4) is 0 Å². The summed E-state index contributed by atoms with van der Waals surface area (Å²) in [6.07, 6.45) is 0. The van der Waals surface area contributed by atoms with Gasteiger partial charge in [0.1, 0.15) is 11.7 Å². The minimum atomic E-state index is -1.34. The van der Waals surface area contributed by atoms with E-state index in [1.54, 1.807) is 0 Å². The third-order valence-corrected chi connectivity index (χ3v) is 3.97. The monoisotopic (exact) mass is 325 g/mol. The molecule has 1 aliphatic heterocycles. The quantitative estimate of drug-likeness (QED) is 0.894. The van der Waals surface area contributed by atoms with E-state index in [0.29, 0.717) is 0 Å². The van der Waals surface area contributed by atoms with Crippen LogP contribution in [0.15, 0.2) is 34.5 Å². The van der Waals surface area contributed by atoms with Gasteiger partial charge in [-0.2, -0.15) is 0 Å². The van der Waals surface area contributed by atoms with Crippen molar-refractivity contribution in [2.45, 2.75) is 19.8 Å². The lowest BCUT2D eigenvalue weighted by atomic mass is 9.75. The van der Waals surface area contributed by atoms with Crippen LogP contribution in [-0.4, -0.2) is 27.9 Å². The summed E-state index contributed by atoms with van der Waals surface area (Å²) in [5, 5.41) is 18.9. The molecule has 0 radical (unpaired) electrons. The molecule has 2 rings (SSSR count). The molecule has 2 N–H and O–H groups in total. The number of carboxylic acids is 2. The standard InChI is InChI=1S/C15H13ClFNO4/c1-6-10(14(19)20)13(11(15(21)22)7(2)18-6)12-8(16)4-3-5-9(12)17/h3-5,10,13H,1-2H3,(H,19,20)(H,21,22). The Morgan fingerprint density at radius 3 is 2.41 bits per heavy atom. The molecule has 116 valence electrons. The van der Waals surface area contributed by atoms with Crippen LogP contribution in [0.1, 0.15) is 25.3 Å². The lowest BCUT2D eigenvalue weighted by molar-refractivity contribution is -0.140. The Hall–Kier alpha value is -2.21. The number of allylic oxidation sites excluding steroid dienone is 1. The van der Waals surface area contributed by atoms with Gasteiger partial charge in [-0.05, 0) is 26.0 Å². The van der Waals surface area contributed by atoms with E-state index in [2.05, 4.69) is 4.99 Å². The van der Waals surface area contributed by atoms with Crippen molar-refractivity contribution in [1.29, 1.82) is 0 Å². The Morgan fingerprint density at radius 1 is 1.27 bits per heavy atom. The molecule has 1 heterocycles. The summed E-state index contributed by atoms with van der Waals surface area (Å²) >= 11 is 6.01. The highest BCUT2D eigenvalue weighted by Crippen LogP contribution is 2.42. The van der Waals surface area contributed by atoms with Gasteiger partial charge >= 0.3 is 11.9 Å². The number of rotatable bonds is 3. The SMILES string of the molecule is CC1=NC(C)=C(C(=O)O)C(c2c(F)cccc2Cl)C1C(=O)O. The van der Waals surface area contributed by atoms with Crippen LogP contribution in [0.25, 0.3) is 0 Å². The molecule has 5 nitrogen and oxygen atoms in total. The fraction of sp³-hybridized carbons (Fsp3) is 0.267. The second-order valence-corrected chi connectivity index (χ2v) is 5.39. The first kappa shape index (κ1) is 16.2. The van der Waals surface area contributed by atoms with E-state index in [9.17, 15) is 24.2 Å². The highest BCUT2D eigenvalue weighted by Gasteiger charge is 2.43. The third-order valence-electron chi connectivity index (χ3n) is 3.64. The summed E-state index contributed by atoms with van der Waals surface area (Å²) in [6, 6.07) is 3.89. The molecule has 2 atom stereocenters. The molecule has 0 aliphatic carbocycles. The summed E-state index contributed by atoms with van der Waals surface area (Å²) in [4.78, 5) is 27.1. The van der Waals surface area contributed by atoms with Gasteiger partial charge in [0.2, 0.25) is 0 Å². The molecule has 1 aromatic rings. The van der Waals surface area contributed by atoms with Crippen LogP contribution < -0.4 is 0 Å². The molecule has 0 saturated heterocycles. The Labute approximate surface area is 130 Å². The number of hydrogen-bond acceptors (Lipinski definition) is 3. The van der Waals surface area contributed by atoms with E-state index in [1.165, 1.54) is 26.0 Å². The predicted molar refractivity (Wildman–Crippen MR) is 78.7 cm³/mol. The molecule has 0 amide bonds. The second-order valence-electron chi connectivity index (χ2n) is 4.99. The van der Waals surface area contributed by atoms with E-state index in [-0.39, 0.29) is 27.6 Å². The van der Waals surface area contributed by atoms with Gasteiger partial charge in [0, 0.05) is 27.9 Å². The highest BCUT2D eigenvalue weighted by atomic mass is 35.5. The van der Waals surface area contributed by atoms with E-state index in [4.69, 9.17) is 11.6 Å². The Morgan fingerprint density at radius 2 is 1.91 bits per heavy atom. The number of nitrogens with zero attached hydrogens (tertiary/aromatic N) is 1. The highest BCUT2D eigenvalue weighted by molar-refractivity contribution is 6.31. The van der Waals surface area contributed by atoms with E-state index in [1.807, 2.05) is 0 Å². The Balaban J connectivity index is 2.79. The van der Waals surface area contributed by atoms with Gasteiger partial charge in [-0.3, -0.25) is 9.79 Å². The molecule has 22 heavy (non-hydrogen) atoms. The van der Waals surface area contributed by atoms with Gasteiger partial charge in [-0.25, -0.2) is 9.18 Å². The van der Waals surface area contributed by atoms with Crippen molar-refractivity contribution in [2.75, 3.05) is 0 Å². The maximum Gasteiger partial charge on any atom is 0.334 e. The largest absolute Gasteiger partial charge is 0.481 e. The zero-order chi connectivity index (χ0) is 16.6. The molecule has 0 fully saturated rings. The minimum Gasteiger partial charge on any atom is -0.481 e. The summed E-state index contributed by atoms with van der Waals surface area (Å²) in [5.74, 6) is -5.89. The van der Waals surface area contributed by atoms with Crippen molar-refractivity contribution < 1.29 is 24.2 Å². The fourth-order valence-electron chi connectivity index (χ4n) is 2.76. The topological polar surface area (TPSA) is 87.0 Å². The first-order chi connectivity index (χ1) is 10.3. The van der Waals surface area contributed by atoms with Crippen LogP contribution in [0.4, 0.5) is 4.39 Å². The normalized spacial score (nSPS) is 21.5. The number of aliphatic imine (C=N–C) groups is 1. The maximum atomic E-state index is 14.2. The molecule has 1 aromatic carbocycles. The summed E-state index contributed by atoms with van der Waals surface area (Å²) in [5.41, 5.74) is -0.0429. The molecule has 0 spiro atoms. The van der Waals surface area contributed by atoms with Crippen LogP contribution in [0.2, 0.25) is 5.02 Å². The maximum absolute atomic E-state index is 14.2. The van der Waals surface area contributed by atoms with Crippen molar-refractivity contribution >= 4 is 29.3 Å². The van der Waals surface area contributed by atoms with Gasteiger partial charge in [-0.1, -0.05) is 17.7 Å². The molecular weight excluding hydrogens is 313 g/mol. The lowest BCUT2D eigenvalue weighted by Gasteiger charge is -2.30. The van der Waals surface area contributed by atoms with Crippen LogP contribution in [-0.2, 0) is 9.59 Å². The summed E-state index contributed by atoms with van der Waals surface area (Å²) in [7, 11) is 0. The molecular formula is C15H13ClFNO4. The third kappa shape index (κ3) is 2.62. The Kier molecular flexibility index (Phi) is 4.32. The molecule has 0 aromatic heterocycles. The van der Waals surface area contributed by atoms with Gasteiger partial charge in [0.25, 0.3) is 0 Å². The first-order valence-corrected chi connectivity index (χ1v) is 6.79. The molecule has 0 saturated carbocycles. The molecule has 7 heteroatoms. The smallest absolute Gasteiger partial charge is 0.334 e. The van der Waals surface area contributed by atoms with E-state index in [0.717, 1.165) is 6.07 Å². The fourth-order valence-corrected chi connectivity index (χ4v) is 3.04. The first-order valence-electron chi connectivity index (χ1n) is 6.41. The van der Waals surface area contributed by atoms with Crippen molar-refractivity contribution in [3.63, 3.8) is 0 Å². The number of halogens is 2. The van der Waals surface area contributed by atoms with E-state index < -0.39 is 29.6 Å². The Bertz CT molecular complexity index is 706. The van der Waals surface area contributed by atoms with Crippen molar-refractivity contribution in [1.82, 2.24) is 0 Å². The van der Waals surface area contributed by atoms with E-state index >= 15 is 0 Å². The van der Waals surface area contributed by atoms with Gasteiger partial charge < -0.3 is 10.2 Å². The summed E-state index contributed by atoms with van der Waals surface area (Å²) < 4.78 is 14.2. The number of benzene rings is 1. The summed E-state index contributed by atoms with van der Waals surface area (Å²) in [6.45, 7) is 2.93. The number of hydrogen-bond donors (Lipinski definition) is 2. The average Bonchev–Trinajstić information content (AvgIpc) is 2.36. The van der Waals surface area contributed by atoms with Gasteiger partial charge in [-0.15, -0.1) is 0 Å². The number of carbonyl (C=O) groups is 2. The molecule has 2 unspecified atom stereocenters. The minimum absolute atomic E-state index is 0.0162. The molecule has 1 aliphatic rings. The number of aliphatic carboxylic acids is 2. The number of carboxylic acid groups (broad SMARTS) is 2. The molecule has 0 bridgehead atoms. The zero-order valence-corrected chi connectivity index (χ0v) is 12.6. The van der Waals surface area contributed by atoms with Crippen molar-refractivity contribution in [2.24, 2.45) is 10.9 Å². The van der Waals surface area contributed by atoms with Crippen molar-refractivity contribution in [3.05, 3.63) is 45.9 Å². The van der Waals surface area contributed by atoms with Crippen LogP contribution in [0.3, 0.4) is 0 Å². The zero-order valence-electron chi connectivity index (χ0n) is 11.8. The van der Waals surface area contributed by atoms with Gasteiger partial charge in [0.05, 0.1) is 5.57 Å².